The zero-order chi connectivity index (χ0) is 19.0. The summed E-state index contributed by atoms with van der Waals surface area (Å²) in [5.74, 6) is -2.34. The smallest absolute Gasteiger partial charge is 0.296 e. The average Bonchev–Trinajstić information content (AvgIpc) is 3.01. The highest BCUT2D eigenvalue weighted by atomic mass is 16.9. The Labute approximate surface area is 147 Å². The van der Waals surface area contributed by atoms with E-state index in [1.54, 1.807) is 12.1 Å². The second kappa shape index (κ2) is 6.17. The minimum absolute atomic E-state index is 0.0409. The van der Waals surface area contributed by atoms with Crippen molar-refractivity contribution >= 4 is 23.9 Å². The van der Waals surface area contributed by atoms with Gasteiger partial charge in [0.25, 0.3) is 17.7 Å². The standard InChI is InChI=1S/C18H12N2O6/c1-4-11-10(3)19(15(21)12(11)5-2)25-18(24)26-20-16(22)13-8-6-7-9-14(13)17(20)23/h4-9H,1-3H2. The zero-order valence-corrected chi connectivity index (χ0v) is 13.4. The van der Waals surface area contributed by atoms with Crippen LogP contribution in [0.4, 0.5) is 4.79 Å². The molecule has 1 aromatic rings. The van der Waals surface area contributed by atoms with E-state index >= 15 is 0 Å². The molecule has 3 rings (SSSR count). The van der Waals surface area contributed by atoms with Gasteiger partial charge in [-0.05, 0) is 12.1 Å². The van der Waals surface area contributed by atoms with Gasteiger partial charge >= 0.3 is 6.16 Å². The van der Waals surface area contributed by atoms with Crippen LogP contribution in [0.25, 0.3) is 0 Å². The summed E-state index contributed by atoms with van der Waals surface area (Å²) in [6, 6.07) is 5.98. The summed E-state index contributed by atoms with van der Waals surface area (Å²) in [6.45, 7) is 10.7. The lowest BCUT2D eigenvalue weighted by molar-refractivity contribution is -0.165. The topological polar surface area (TPSA) is 93.2 Å². The van der Waals surface area contributed by atoms with Crippen molar-refractivity contribution in [1.29, 1.82) is 0 Å². The van der Waals surface area contributed by atoms with Crippen molar-refractivity contribution in [1.82, 2.24) is 10.1 Å². The summed E-state index contributed by atoms with van der Waals surface area (Å²) in [4.78, 5) is 58.0. The SMILES string of the molecule is C=CC1=C(C=C)C(=O)N(OC(=O)ON2C(=O)c3ccccc3C2=O)C1=C. The molecule has 0 saturated carbocycles. The number of hydrogen-bond donors (Lipinski definition) is 0. The van der Waals surface area contributed by atoms with Gasteiger partial charge in [-0.1, -0.05) is 49.1 Å². The molecule has 130 valence electrons. The monoisotopic (exact) mass is 352 g/mol. The molecule has 2 heterocycles. The second-order valence-corrected chi connectivity index (χ2v) is 5.16. The van der Waals surface area contributed by atoms with Crippen molar-refractivity contribution in [3.05, 3.63) is 84.1 Å². The van der Waals surface area contributed by atoms with Gasteiger partial charge in [0.1, 0.15) is 0 Å². The highest BCUT2D eigenvalue weighted by molar-refractivity contribution is 6.20. The molecule has 0 N–H and O–H groups in total. The van der Waals surface area contributed by atoms with Crippen molar-refractivity contribution in [2.24, 2.45) is 0 Å². The number of rotatable bonds is 4. The Kier molecular flexibility index (Phi) is 4.01. The zero-order valence-electron chi connectivity index (χ0n) is 13.4. The van der Waals surface area contributed by atoms with Crippen molar-refractivity contribution in [2.45, 2.75) is 0 Å². The Hall–Kier alpha value is -3.94. The first-order chi connectivity index (χ1) is 12.4. The first-order valence-corrected chi connectivity index (χ1v) is 7.31. The summed E-state index contributed by atoms with van der Waals surface area (Å²) < 4.78 is 0. The molecular weight excluding hydrogens is 340 g/mol. The minimum Gasteiger partial charge on any atom is -0.296 e. The van der Waals surface area contributed by atoms with Crippen LogP contribution in [-0.2, 0) is 14.5 Å². The fourth-order valence-corrected chi connectivity index (χ4v) is 2.55. The van der Waals surface area contributed by atoms with Crippen LogP contribution in [0.2, 0.25) is 0 Å². The molecule has 1 aromatic carbocycles. The maximum absolute atomic E-state index is 12.2. The van der Waals surface area contributed by atoms with Crippen LogP contribution in [0.15, 0.2) is 73.0 Å². The summed E-state index contributed by atoms with van der Waals surface area (Å²) >= 11 is 0. The molecular formula is C18H12N2O6. The van der Waals surface area contributed by atoms with Crippen molar-refractivity contribution < 1.29 is 28.9 Å². The van der Waals surface area contributed by atoms with Gasteiger partial charge < -0.3 is 0 Å². The fourth-order valence-electron chi connectivity index (χ4n) is 2.55. The van der Waals surface area contributed by atoms with Crippen molar-refractivity contribution in [3.63, 3.8) is 0 Å². The predicted octanol–water partition coefficient (Wildman–Crippen LogP) is 2.29. The van der Waals surface area contributed by atoms with Crippen LogP contribution in [0, 0.1) is 0 Å². The molecule has 2 aliphatic heterocycles. The maximum Gasteiger partial charge on any atom is 0.559 e. The van der Waals surface area contributed by atoms with E-state index in [4.69, 9.17) is 4.84 Å². The number of hydrogen-bond acceptors (Lipinski definition) is 6. The fraction of sp³-hybridized carbons (Fsp3) is 0. The largest absolute Gasteiger partial charge is 0.559 e. The second-order valence-electron chi connectivity index (χ2n) is 5.16. The Morgan fingerprint density at radius 2 is 1.35 bits per heavy atom. The van der Waals surface area contributed by atoms with Gasteiger partial charge in [-0.2, -0.15) is 4.79 Å². The molecule has 2 aliphatic rings. The molecule has 0 spiro atoms. The minimum atomic E-state index is -1.46. The number of benzene rings is 1. The van der Waals surface area contributed by atoms with E-state index in [1.165, 1.54) is 24.3 Å². The number of nitrogens with zero attached hydrogens (tertiary/aromatic N) is 2. The lowest BCUT2D eigenvalue weighted by Gasteiger charge is -2.18. The van der Waals surface area contributed by atoms with Gasteiger partial charge in [-0.15, -0.1) is 5.06 Å². The highest BCUT2D eigenvalue weighted by Gasteiger charge is 2.41. The highest BCUT2D eigenvalue weighted by Crippen LogP contribution is 2.30. The molecule has 0 aliphatic carbocycles. The Bertz CT molecular complexity index is 878. The molecule has 0 aromatic heterocycles. The molecule has 3 amide bonds. The molecule has 0 unspecified atom stereocenters. The van der Waals surface area contributed by atoms with E-state index in [9.17, 15) is 19.2 Å². The van der Waals surface area contributed by atoms with Crippen LogP contribution in [-0.4, -0.2) is 34.0 Å². The summed E-state index contributed by atoms with van der Waals surface area (Å²) in [7, 11) is 0. The molecule has 0 atom stereocenters. The van der Waals surface area contributed by atoms with Crippen molar-refractivity contribution in [2.75, 3.05) is 0 Å². The third kappa shape index (κ3) is 2.40. The molecule has 0 fully saturated rings. The average molecular weight is 352 g/mol. The van der Waals surface area contributed by atoms with Gasteiger partial charge in [0.2, 0.25) is 0 Å². The number of carbonyl (C=O) groups excluding carboxylic acids is 4. The number of imide groups is 1. The molecule has 0 bridgehead atoms. The summed E-state index contributed by atoms with van der Waals surface area (Å²) in [5.41, 5.74) is 0.698. The van der Waals surface area contributed by atoms with Gasteiger partial charge in [0.15, 0.2) is 0 Å². The van der Waals surface area contributed by atoms with Crippen LogP contribution in [0.5, 0.6) is 0 Å². The van der Waals surface area contributed by atoms with E-state index in [0.717, 1.165) is 0 Å². The van der Waals surface area contributed by atoms with E-state index in [-0.39, 0.29) is 27.5 Å². The Balaban J connectivity index is 1.73. The van der Waals surface area contributed by atoms with Gasteiger partial charge in [-0.3, -0.25) is 24.1 Å². The maximum atomic E-state index is 12.2. The van der Waals surface area contributed by atoms with Crippen LogP contribution in [0.3, 0.4) is 0 Å². The predicted molar refractivity (Wildman–Crippen MR) is 87.9 cm³/mol. The molecule has 8 heteroatoms. The normalized spacial score (nSPS) is 16.2. The number of allylic oxidation sites excluding steroid dienone is 1. The Morgan fingerprint density at radius 3 is 1.81 bits per heavy atom. The molecule has 0 saturated heterocycles. The van der Waals surface area contributed by atoms with E-state index < -0.39 is 23.9 Å². The first-order valence-electron chi connectivity index (χ1n) is 7.31. The summed E-state index contributed by atoms with van der Waals surface area (Å²) in [6.07, 6.45) is 1.17. The van der Waals surface area contributed by atoms with E-state index in [0.29, 0.717) is 10.6 Å². The number of carbonyl (C=O) groups is 4. The van der Waals surface area contributed by atoms with Crippen LogP contribution < -0.4 is 0 Å². The van der Waals surface area contributed by atoms with E-state index in [2.05, 4.69) is 24.6 Å². The molecule has 26 heavy (non-hydrogen) atoms. The van der Waals surface area contributed by atoms with Gasteiger partial charge in [0, 0.05) is 5.57 Å². The first kappa shape index (κ1) is 16.9. The lowest BCUT2D eigenvalue weighted by Crippen LogP contribution is -2.36. The molecule has 0 radical (unpaired) electrons. The summed E-state index contributed by atoms with van der Waals surface area (Å²) in [5, 5.41) is 0.848. The van der Waals surface area contributed by atoms with Gasteiger partial charge in [0.05, 0.1) is 22.4 Å². The third-order valence-corrected chi connectivity index (χ3v) is 3.76. The number of hydroxylamine groups is 4. The number of fused-ring (bicyclic) bond motifs is 1. The van der Waals surface area contributed by atoms with Gasteiger partial charge in [-0.25, -0.2) is 0 Å². The Morgan fingerprint density at radius 1 is 0.846 bits per heavy atom. The quantitative estimate of drug-likeness (QED) is 0.772. The third-order valence-electron chi connectivity index (χ3n) is 3.76. The van der Waals surface area contributed by atoms with Crippen LogP contribution in [0.1, 0.15) is 20.7 Å². The van der Waals surface area contributed by atoms with Crippen LogP contribution >= 0.6 is 0 Å². The van der Waals surface area contributed by atoms with Crippen molar-refractivity contribution in [3.8, 4) is 0 Å². The lowest BCUT2D eigenvalue weighted by atomic mass is 10.1. The van der Waals surface area contributed by atoms with E-state index in [1.807, 2.05) is 0 Å². The molecule has 8 nitrogen and oxygen atoms in total. The number of amides is 3.